The van der Waals surface area contributed by atoms with Crippen molar-refractivity contribution in [3.05, 3.63) is 73.4 Å². The fourth-order valence-electron chi connectivity index (χ4n) is 2.51. The first-order valence-electron chi connectivity index (χ1n) is 6.75. The zero-order chi connectivity index (χ0) is 14.1. The van der Waals surface area contributed by atoms with Gasteiger partial charge in [0.2, 0.25) is 0 Å². The largest absolute Gasteiger partial charge is 0.464 e. The maximum Gasteiger partial charge on any atom is 0.133 e. The second-order valence-corrected chi connectivity index (χ2v) is 4.81. The number of fused-ring (bicyclic) bond motifs is 1. The lowest BCUT2D eigenvalue weighted by Gasteiger charge is -2.08. The fraction of sp³-hybridized carbons (Fsp3) is 0. The molecule has 0 saturated heterocycles. The predicted octanol–water partition coefficient (Wildman–Crippen LogP) is 4.56. The molecule has 3 heterocycles. The summed E-state index contributed by atoms with van der Waals surface area (Å²) < 4.78 is 5.39. The summed E-state index contributed by atoms with van der Waals surface area (Å²) in [6.45, 7) is 0. The van der Waals surface area contributed by atoms with Crippen LogP contribution in [0.25, 0.3) is 33.4 Å². The van der Waals surface area contributed by atoms with E-state index >= 15 is 0 Å². The Hall–Kier alpha value is -2.94. The Kier molecular flexibility index (Phi) is 2.75. The number of hydrogen-bond acceptors (Lipinski definition) is 3. The maximum absolute atomic E-state index is 5.39. The monoisotopic (exact) mass is 272 g/mol. The summed E-state index contributed by atoms with van der Waals surface area (Å²) in [4.78, 5) is 8.64. The Balaban J connectivity index is 1.92. The van der Waals surface area contributed by atoms with Gasteiger partial charge in [-0.15, -0.1) is 0 Å². The average molecular weight is 272 g/mol. The van der Waals surface area contributed by atoms with Crippen molar-refractivity contribution >= 4 is 11.0 Å². The van der Waals surface area contributed by atoms with Crippen LogP contribution < -0.4 is 0 Å². The van der Waals surface area contributed by atoms with Gasteiger partial charge in [0.1, 0.15) is 5.58 Å². The molecule has 0 bridgehead atoms. The van der Waals surface area contributed by atoms with Crippen molar-refractivity contribution in [1.29, 1.82) is 0 Å². The van der Waals surface area contributed by atoms with Crippen LogP contribution in [0.2, 0.25) is 0 Å². The Morgan fingerprint density at radius 1 is 0.810 bits per heavy atom. The molecule has 0 spiro atoms. The molecule has 1 aromatic carbocycles. The van der Waals surface area contributed by atoms with Crippen molar-refractivity contribution in [1.82, 2.24) is 9.97 Å². The minimum atomic E-state index is 0.889. The van der Waals surface area contributed by atoms with Crippen molar-refractivity contribution in [2.24, 2.45) is 0 Å². The number of hydrogen-bond donors (Lipinski definition) is 0. The van der Waals surface area contributed by atoms with Crippen LogP contribution in [-0.4, -0.2) is 9.97 Å². The Morgan fingerprint density at radius 2 is 1.71 bits per heavy atom. The number of rotatable bonds is 2. The summed E-state index contributed by atoms with van der Waals surface area (Å²) >= 11 is 0. The van der Waals surface area contributed by atoms with Crippen LogP contribution in [0.1, 0.15) is 0 Å². The third-order valence-corrected chi connectivity index (χ3v) is 3.52. The minimum Gasteiger partial charge on any atom is -0.464 e. The quantitative estimate of drug-likeness (QED) is 0.537. The third kappa shape index (κ3) is 2.09. The smallest absolute Gasteiger partial charge is 0.133 e. The van der Waals surface area contributed by atoms with E-state index in [1.807, 2.05) is 42.6 Å². The van der Waals surface area contributed by atoms with Crippen LogP contribution in [-0.2, 0) is 0 Å². The molecule has 0 saturated carbocycles. The van der Waals surface area contributed by atoms with Gasteiger partial charge >= 0.3 is 0 Å². The van der Waals surface area contributed by atoms with Gasteiger partial charge in [0.25, 0.3) is 0 Å². The lowest BCUT2D eigenvalue weighted by Crippen LogP contribution is -1.88. The van der Waals surface area contributed by atoms with Gasteiger partial charge in [-0.1, -0.05) is 6.07 Å². The first kappa shape index (κ1) is 11.9. The van der Waals surface area contributed by atoms with Crippen molar-refractivity contribution in [3.63, 3.8) is 0 Å². The molecule has 0 radical (unpaired) electrons. The highest BCUT2D eigenvalue weighted by molar-refractivity contribution is 5.87. The summed E-state index contributed by atoms with van der Waals surface area (Å²) in [6, 6.07) is 16.1. The van der Waals surface area contributed by atoms with Crippen molar-refractivity contribution < 1.29 is 4.42 Å². The number of pyridine rings is 2. The van der Waals surface area contributed by atoms with E-state index in [-0.39, 0.29) is 0 Å². The van der Waals surface area contributed by atoms with Gasteiger partial charge in [-0.25, -0.2) is 0 Å². The molecular weight excluding hydrogens is 260 g/mol. The van der Waals surface area contributed by atoms with Gasteiger partial charge in [0.05, 0.1) is 12.0 Å². The van der Waals surface area contributed by atoms with Crippen LogP contribution in [0.15, 0.2) is 77.8 Å². The van der Waals surface area contributed by atoms with E-state index in [2.05, 4.69) is 22.1 Å². The standard InChI is InChI=1S/C18H12N2O/c1-2-16(13-5-9-19-10-6-13)18(20-8-1)15-3-4-17-14(12-15)7-11-21-17/h1-12H. The van der Waals surface area contributed by atoms with Crippen molar-refractivity contribution in [3.8, 4) is 22.4 Å². The highest BCUT2D eigenvalue weighted by Gasteiger charge is 2.09. The first-order chi connectivity index (χ1) is 10.4. The molecule has 21 heavy (non-hydrogen) atoms. The summed E-state index contributed by atoms with van der Waals surface area (Å²) in [5, 5.41) is 1.08. The van der Waals surface area contributed by atoms with E-state index in [0.29, 0.717) is 0 Å². The average Bonchev–Trinajstić information content (AvgIpc) is 3.03. The van der Waals surface area contributed by atoms with Crippen molar-refractivity contribution in [2.45, 2.75) is 0 Å². The van der Waals surface area contributed by atoms with Gasteiger partial charge in [-0.3, -0.25) is 9.97 Å². The normalized spacial score (nSPS) is 10.9. The van der Waals surface area contributed by atoms with E-state index in [4.69, 9.17) is 4.42 Å². The molecule has 3 aromatic heterocycles. The number of furan rings is 1. The van der Waals surface area contributed by atoms with E-state index in [0.717, 1.165) is 33.4 Å². The summed E-state index contributed by atoms with van der Waals surface area (Å²) in [5.74, 6) is 0. The van der Waals surface area contributed by atoms with E-state index in [9.17, 15) is 0 Å². The van der Waals surface area contributed by atoms with Crippen LogP contribution in [0.3, 0.4) is 0 Å². The predicted molar refractivity (Wildman–Crippen MR) is 82.7 cm³/mol. The molecule has 0 fully saturated rings. The molecule has 0 atom stereocenters. The van der Waals surface area contributed by atoms with Gasteiger partial charge in [-0.2, -0.15) is 0 Å². The van der Waals surface area contributed by atoms with E-state index in [1.54, 1.807) is 18.7 Å². The Bertz CT molecular complexity index is 897. The number of aromatic nitrogens is 2. The Labute approximate surface area is 121 Å². The molecule has 0 aliphatic carbocycles. The van der Waals surface area contributed by atoms with Gasteiger partial charge in [-0.05, 0) is 48.0 Å². The molecule has 0 aliphatic rings. The van der Waals surface area contributed by atoms with Crippen LogP contribution in [0.5, 0.6) is 0 Å². The van der Waals surface area contributed by atoms with Crippen LogP contribution >= 0.6 is 0 Å². The molecule has 0 amide bonds. The summed E-state index contributed by atoms with van der Waals surface area (Å²) in [6.07, 6.45) is 7.12. The lowest BCUT2D eigenvalue weighted by molar-refractivity contribution is 0.616. The molecule has 0 N–H and O–H groups in total. The van der Waals surface area contributed by atoms with Crippen LogP contribution in [0, 0.1) is 0 Å². The number of nitrogens with zero attached hydrogens (tertiary/aromatic N) is 2. The highest BCUT2D eigenvalue weighted by atomic mass is 16.3. The zero-order valence-electron chi connectivity index (χ0n) is 11.2. The molecule has 3 nitrogen and oxygen atoms in total. The zero-order valence-corrected chi connectivity index (χ0v) is 11.2. The molecular formula is C18H12N2O. The number of benzene rings is 1. The van der Waals surface area contributed by atoms with Gasteiger partial charge < -0.3 is 4.42 Å². The third-order valence-electron chi connectivity index (χ3n) is 3.52. The second kappa shape index (κ2) is 4.87. The van der Waals surface area contributed by atoms with Crippen molar-refractivity contribution in [2.75, 3.05) is 0 Å². The lowest BCUT2D eigenvalue weighted by atomic mass is 9.99. The van der Waals surface area contributed by atoms with E-state index < -0.39 is 0 Å². The minimum absolute atomic E-state index is 0.889. The second-order valence-electron chi connectivity index (χ2n) is 4.81. The molecule has 0 unspecified atom stereocenters. The maximum atomic E-state index is 5.39. The SMILES string of the molecule is c1cnc(-c2ccc3occc3c2)c(-c2ccncc2)c1. The molecule has 0 aliphatic heterocycles. The molecule has 4 rings (SSSR count). The van der Waals surface area contributed by atoms with Gasteiger partial charge in [0, 0.05) is 35.1 Å². The highest BCUT2D eigenvalue weighted by Crippen LogP contribution is 2.31. The topological polar surface area (TPSA) is 38.9 Å². The molecule has 4 aromatic rings. The Morgan fingerprint density at radius 3 is 2.62 bits per heavy atom. The van der Waals surface area contributed by atoms with Crippen LogP contribution in [0.4, 0.5) is 0 Å². The molecule has 100 valence electrons. The molecule has 3 heteroatoms. The fourth-order valence-corrected chi connectivity index (χ4v) is 2.51. The van der Waals surface area contributed by atoms with E-state index in [1.165, 1.54) is 0 Å². The first-order valence-corrected chi connectivity index (χ1v) is 6.75. The van der Waals surface area contributed by atoms with Gasteiger partial charge in [0.15, 0.2) is 0 Å². The summed E-state index contributed by atoms with van der Waals surface area (Å²) in [5.41, 5.74) is 5.14. The summed E-state index contributed by atoms with van der Waals surface area (Å²) in [7, 11) is 0.